The van der Waals surface area contributed by atoms with Gasteiger partial charge in [-0.3, -0.25) is 0 Å². The van der Waals surface area contributed by atoms with Crippen LogP contribution < -0.4 is 4.90 Å². The molecule has 0 aliphatic rings. The van der Waals surface area contributed by atoms with Crippen LogP contribution in [0.1, 0.15) is 26.7 Å². The van der Waals surface area contributed by atoms with E-state index in [0.29, 0.717) is 0 Å². The van der Waals surface area contributed by atoms with Crippen molar-refractivity contribution in [3.8, 4) is 0 Å². The van der Waals surface area contributed by atoms with Crippen molar-refractivity contribution in [1.82, 2.24) is 4.98 Å². The molecule has 1 aromatic heterocycles. The number of hydrogen-bond donors (Lipinski definition) is 0. The normalized spacial score (nSPS) is 10.2. The van der Waals surface area contributed by atoms with Crippen molar-refractivity contribution in [1.29, 1.82) is 0 Å². The fraction of sp³-hybridized carbons (Fsp3) is 0.545. The van der Waals surface area contributed by atoms with E-state index in [9.17, 15) is 0 Å². The summed E-state index contributed by atoms with van der Waals surface area (Å²) in [6.07, 6.45) is 4.27. The zero-order valence-electron chi connectivity index (χ0n) is 8.83. The second-order valence-electron chi connectivity index (χ2n) is 3.32. The molecule has 0 radical (unpaired) electrons. The maximum absolute atomic E-state index is 4.43. The second-order valence-corrected chi connectivity index (χ2v) is 4.57. The number of nitrogens with zero attached hydrogens (tertiary/aromatic N) is 2. The van der Waals surface area contributed by atoms with Gasteiger partial charge in [-0.25, -0.2) is 4.98 Å². The maximum atomic E-state index is 4.43. The van der Waals surface area contributed by atoms with Crippen LogP contribution in [-0.4, -0.2) is 18.1 Å². The molecule has 0 saturated carbocycles. The number of halogens is 1. The molecule has 0 bridgehead atoms. The molecule has 0 atom stereocenters. The minimum atomic E-state index is 1.10. The van der Waals surface area contributed by atoms with Crippen LogP contribution in [0.4, 0.5) is 5.82 Å². The molecule has 1 aromatic rings. The van der Waals surface area contributed by atoms with E-state index in [2.05, 4.69) is 58.5 Å². The van der Waals surface area contributed by atoms with E-state index in [0.717, 1.165) is 18.9 Å². The van der Waals surface area contributed by atoms with Crippen molar-refractivity contribution >= 4 is 28.4 Å². The van der Waals surface area contributed by atoms with Crippen LogP contribution in [0.5, 0.6) is 0 Å². The molecule has 0 N–H and O–H groups in total. The van der Waals surface area contributed by atoms with E-state index >= 15 is 0 Å². The van der Waals surface area contributed by atoms with E-state index in [1.165, 1.54) is 16.4 Å². The van der Waals surface area contributed by atoms with Gasteiger partial charge in [-0.05, 0) is 47.6 Å². The fourth-order valence-corrected chi connectivity index (χ4v) is 1.75. The Morgan fingerprint density at radius 1 is 1.21 bits per heavy atom. The molecule has 0 unspecified atom stereocenters. The van der Waals surface area contributed by atoms with Crippen molar-refractivity contribution in [3.63, 3.8) is 0 Å². The molecule has 14 heavy (non-hydrogen) atoms. The molecule has 0 spiro atoms. The molecule has 0 saturated heterocycles. The zero-order valence-corrected chi connectivity index (χ0v) is 11.0. The van der Waals surface area contributed by atoms with Crippen molar-refractivity contribution in [3.05, 3.63) is 21.9 Å². The van der Waals surface area contributed by atoms with E-state index in [1.54, 1.807) is 0 Å². The van der Waals surface area contributed by atoms with Gasteiger partial charge in [0.05, 0.1) is 0 Å². The first-order valence-corrected chi connectivity index (χ1v) is 6.22. The van der Waals surface area contributed by atoms with Gasteiger partial charge in [0.15, 0.2) is 0 Å². The largest absolute Gasteiger partial charge is 0.357 e. The minimum Gasteiger partial charge on any atom is -0.357 e. The van der Waals surface area contributed by atoms with Gasteiger partial charge in [-0.1, -0.05) is 13.8 Å². The summed E-state index contributed by atoms with van der Waals surface area (Å²) in [6, 6.07) is 4.22. The number of hydrogen-bond acceptors (Lipinski definition) is 2. The zero-order chi connectivity index (χ0) is 10.4. The molecule has 2 nitrogen and oxygen atoms in total. The molecule has 78 valence electrons. The van der Waals surface area contributed by atoms with Crippen LogP contribution in [0.3, 0.4) is 0 Å². The summed E-state index contributed by atoms with van der Waals surface area (Å²) in [5.41, 5.74) is 0. The average molecular weight is 304 g/mol. The van der Waals surface area contributed by atoms with Crippen LogP contribution in [0.2, 0.25) is 0 Å². The summed E-state index contributed by atoms with van der Waals surface area (Å²) in [5.74, 6) is 1.11. The average Bonchev–Trinajstić information content (AvgIpc) is 2.19. The molecule has 0 aliphatic heterocycles. The summed E-state index contributed by atoms with van der Waals surface area (Å²) >= 11 is 2.28. The van der Waals surface area contributed by atoms with Gasteiger partial charge in [0, 0.05) is 22.9 Å². The fourth-order valence-electron chi connectivity index (χ4n) is 1.44. The quantitative estimate of drug-likeness (QED) is 0.776. The Labute approximate surface area is 99.9 Å². The van der Waals surface area contributed by atoms with Crippen LogP contribution in [0.25, 0.3) is 0 Å². The highest BCUT2D eigenvalue weighted by Gasteiger charge is 2.04. The predicted molar refractivity (Wildman–Crippen MR) is 69.7 cm³/mol. The lowest BCUT2D eigenvalue weighted by Crippen LogP contribution is -2.25. The molecule has 0 fully saturated rings. The van der Waals surface area contributed by atoms with Gasteiger partial charge in [-0.2, -0.15) is 0 Å². The first-order valence-electron chi connectivity index (χ1n) is 5.14. The Balaban J connectivity index is 2.71. The lowest BCUT2D eigenvalue weighted by Gasteiger charge is -2.22. The third-order valence-corrected chi connectivity index (χ3v) is 2.66. The highest BCUT2D eigenvalue weighted by atomic mass is 127. The van der Waals surface area contributed by atoms with Crippen LogP contribution in [0, 0.1) is 3.57 Å². The van der Waals surface area contributed by atoms with Gasteiger partial charge in [0.1, 0.15) is 5.82 Å². The lowest BCUT2D eigenvalue weighted by atomic mass is 10.3. The second kappa shape index (κ2) is 6.22. The molecular formula is C11H17IN2. The van der Waals surface area contributed by atoms with Crippen molar-refractivity contribution in [2.24, 2.45) is 0 Å². The maximum Gasteiger partial charge on any atom is 0.128 e. The van der Waals surface area contributed by atoms with E-state index in [1.807, 2.05) is 6.20 Å². The van der Waals surface area contributed by atoms with Gasteiger partial charge in [-0.15, -0.1) is 0 Å². The molecule has 1 rings (SSSR count). The summed E-state index contributed by atoms with van der Waals surface area (Å²) in [6.45, 7) is 6.60. The summed E-state index contributed by atoms with van der Waals surface area (Å²) in [7, 11) is 0. The molecule has 0 aromatic carbocycles. The Hall–Kier alpha value is -0.320. The number of aromatic nitrogens is 1. The SMILES string of the molecule is CCCN(CCC)c1ccc(I)cn1. The monoisotopic (exact) mass is 304 g/mol. The summed E-state index contributed by atoms with van der Waals surface area (Å²) in [4.78, 5) is 6.78. The Morgan fingerprint density at radius 3 is 2.29 bits per heavy atom. The van der Waals surface area contributed by atoms with E-state index in [-0.39, 0.29) is 0 Å². The van der Waals surface area contributed by atoms with Gasteiger partial charge in [0.25, 0.3) is 0 Å². The lowest BCUT2D eigenvalue weighted by molar-refractivity contribution is 0.734. The highest BCUT2D eigenvalue weighted by Crippen LogP contribution is 2.13. The molecule has 3 heteroatoms. The molecular weight excluding hydrogens is 287 g/mol. The van der Waals surface area contributed by atoms with Crippen molar-refractivity contribution in [2.45, 2.75) is 26.7 Å². The standard InChI is InChI=1S/C11H17IN2/c1-3-7-14(8-4-2)11-6-5-10(12)9-13-11/h5-6,9H,3-4,7-8H2,1-2H3. The summed E-state index contributed by atoms with van der Waals surface area (Å²) in [5, 5.41) is 0. The number of rotatable bonds is 5. The third kappa shape index (κ3) is 3.44. The Bertz CT molecular complexity index is 252. The van der Waals surface area contributed by atoms with Gasteiger partial charge >= 0.3 is 0 Å². The topological polar surface area (TPSA) is 16.1 Å². The van der Waals surface area contributed by atoms with E-state index < -0.39 is 0 Å². The predicted octanol–water partition coefficient (Wildman–Crippen LogP) is 3.31. The molecule has 0 amide bonds. The van der Waals surface area contributed by atoms with Crippen molar-refractivity contribution < 1.29 is 0 Å². The van der Waals surface area contributed by atoms with Crippen LogP contribution >= 0.6 is 22.6 Å². The first-order chi connectivity index (χ1) is 6.77. The smallest absolute Gasteiger partial charge is 0.128 e. The number of pyridine rings is 1. The Morgan fingerprint density at radius 2 is 1.86 bits per heavy atom. The van der Waals surface area contributed by atoms with Crippen LogP contribution in [-0.2, 0) is 0 Å². The molecule has 0 aliphatic carbocycles. The molecule has 1 heterocycles. The van der Waals surface area contributed by atoms with E-state index in [4.69, 9.17) is 0 Å². The first kappa shape index (κ1) is 11.8. The third-order valence-electron chi connectivity index (χ3n) is 2.02. The minimum absolute atomic E-state index is 1.10. The van der Waals surface area contributed by atoms with Gasteiger partial charge < -0.3 is 4.90 Å². The number of anilines is 1. The van der Waals surface area contributed by atoms with Crippen molar-refractivity contribution in [2.75, 3.05) is 18.0 Å². The summed E-state index contributed by atoms with van der Waals surface area (Å²) < 4.78 is 1.19. The highest BCUT2D eigenvalue weighted by molar-refractivity contribution is 14.1. The Kier molecular flexibility index (Phi) is 5.22. The van der Waals surface area contributed by atoms with Crippen LogP contribution in [0.15, 0.2) is 18.3 Å². The van der Waals surface area contributed by atoms with Gasteiger partial charge in [0.2, 0.25) is 0 Å².